The lowest BCUT2D eigenvalue weighted by atomic mass is 10.2. The van der Waals surface area contributed by atoms with Crippen LogP contribution in [0.5, 0.6) is 5.88 Å². The molecule has 1 aromatic heterocycles. The lowest BCUT2D eigenvalue weighted by Gasteiger charge is -2.14. The van der Waals surface area contributed by atoms with Gasteiger partial charge in [0, 0.05) is 12.1 Å². The first-order chi connectivity index (χ1) is 11.0. The fraction of sp³-hybridized carbons (Fsp3) is 0.250. The Labute approximate surface area is 132 Å². The molecule has 0 aliphatic carbocycles. The minimum atomic E-state index is -1.41. The average molecular weight is 316 g/mol. The number of benzene rings is 1. The molecule has 0 bridgehead atoms. The van der Waals surface area contributed by atoms with Gasteiger partial charge in [0.1, 0.15) is 0 Å². The topological polar surface area (TPSA) is 87.5 Å². The number of Topliss-reactive ketones (excluding diaryl/α,β-unsaturated/α-hetero) is 1. The molecular weight excluding hydrogens is 300 g/mol. The van der Waals surface area contributed by atoms with Crippen LogP contribution in [0.25, 0.3) is 5.69 Å². The number of hydrogen-bond donors (Lipinski definition) is 0. The number of esters is 1. The Morgan fingerprint density at radius 1 is 1.17 bits per heavy atom. The summed E-state index contributed by atoms with van der Waals surface area (Å²) in [5.74, 6) is -1.33. The summed E-state index contributed by atoms with van der Waals surface area (Å²) in [6.07, 6.45) is -1.41. The van der Waals surface area contributed by atoms with Crippen LogP contribution in [0.15, 0.2) is 47.3 Å². The Morgan fingerprint density at radius 3 is 2.48 bits per heavy atom. The fourth-order valence-electron chi connectivity index (χ4n) is 1.85. The molecule has 7 heteroatoms. The molecule has 2 rings (SSSR count). The van der Waals surface area contributed by atoms with E-state index in [0.717, 1.165) is 4.68 Å². The largest absolute Gasteiger partial charge is 0.463 e. The van der Waals surface area contributed by atoms with E-state index >= 15 is 0 Å². The van der Waals surface area contributed by atoms with Crippen LogP contribution in [0.2, 0.25) is 0 Å². The molecule has 0 amide bonds. The Bertz CT molecular complexity index is 755. The second-order valence-corrected chi connectivity index (χ2v) is 4.62. The van der Waals surface area contributed by atoms with E-state index in [9.17, 15) is 14.4 Å². The Hall–Kier alpha value is -2.96. The average Bonchev–Trinajstić information content (AvgIpc) is 2.54. The van der Waals surface area contributed by atoms with Crippen LogP contribution in [0.4, 0.5) is 0 Å². The molecule has 0 unspecified atom stereocenters. The highest BCUT2D eigenvalue weighted by Gasteiger charge is 2.27. The van der Waals surface area contributed by atoms with E-state index in [4.69, 9.17) is 9.47 Å². The summed E-state index contributed by atoms with van der Waals surface area (Å²) < 4.78 is 11.2. The number of nitrogens with zero attached hydrogens (tertiary/aromatic N) is 2. The maximum atomic E-state index is 11.9. The third-order valence-corrected chi connectivity index (χ3v) is 2.89. The van der Waals surface area contributed by atoms with Crippen molar-refractivity contribution in [3.8, 4) is 11.6 Å². The van der Waals surface area contributed by atoms with Crippen LogP contribution in [-0.4, -0.2) is 34.2 Å². The first-order valence-electron chi connectivity index (χ1n) is 7.02. The molecule has 1 heterocycles. The van der Waals surface area contributed by atoms with Crippen LogP contribution in [0.1, 0.15) is 13.8 Å². The molecule has 1 atom stereocenters. The molecule has 0 radical (unpaired) electrons. The van der Waals surface area contributed by atoms with Crippen molar-refractivity contribution in [3.63, 3.8) is 0 Å². The van der Waals surface area contributed by atoms with Crippen molar-refractivity contribution in [3.05, 3.63) is 52.8 Å². The first kappa shape index (κ1) is 16.4. The lowest BCUT2D eigenvalue weighted by Crippen LogP contribution is -2.36. The van der Waals surface area contributed by atoms with E-state index in [-0.39, 0.29) is 18.0 Å². The van der Waals surface area contributed by atoms with Gasteiger partial charge in [-0.2, -0.15) is 4.68 Å². The molecule has 0 saturated carbocycles. The van der Waals surface area contributed by atoms with Gasteiger partial charge in [-0.25, -0.2) is 4.79 Å². The van der Waals surface area contributed by atoms with Crippen LogP contribution >= 0.6 is 0 Å². The van der Waals surface area contributed by atoms with Crippen molar-refractivity contribution in [1.82, 2.24) is 9.78 Å². The van der Waals surface area contributed by atoms with Gasteiger partial charge in [0.2, 0.25) is 5.88 Å². The molecule has 0 aliphatic heterocycles. The second kappa shape index (κ2) is 7.35. The van der Waals surface area contributed by atoms with E-state index in [0.29, 0.717) is 5.69 Å². The number of aromatic nitrogens is 2. The summed E-state index contributed by atoms with van der Waals surface area (Å²) in [7, 11) is 0. The van der Waals surface area contributed by atoms with Gasteiger partial charge in [0.15, 0.2) is 5.78 Å². The summed E-state index contributed by atoms with van der Waals surface area (Å²) in [5.41, 5.74) is 0.178. The SMILES string of the molecule is CCOC(=O)[C@@H](Oc1ccc(=O)n(-c2ccccc2)n1)C(C)=O. The van der Waals surface area contributed by atoms with Crippen molar-refractivity contribution in [1.29, 1.82) is 0 Å². The van der Waals surface area contributed by atoms with Crippen LogP contribution in [-0.2, 0) is 14.3 Å². The normalized spacial score (nSPS) is 11.6. The number of para-hydroxylation sites is 1. The molecule has 0 fully saturated rings. The third kappa shape index (κ3) is 4.03. The summed E-state index contributed by atoms with van der Waals surface area (Å²) in [5, 5.41) is 4.03. The van der Waals surface area contributed by atoms with Crippen LogP contribution in [0.3, 0.4) is 0 Å². The predicted octanol–water partition coefficient (Wildman–Crippen LogP) is 1.13. The van der Waals surface area contributed by atoms with Crippen molar-refractivity contribution < 1.29 is 19.1 Å². The zero-order valence-corrected chi connectivity index (χ0v) is 12.8. The van der Waals surface area contributed by atoms with E-state index in [2.05, 4.69) is 5.10 Å². The van der Waals surface area contributed by atoms with Crippen molar-refractivity contribution in [2.45, 2.75) is 20.0 Å². The number of ketones is 1. The van der Waals surface area contributed by atoms with Gasteiger partial charge in [0.25, 0.3) is 11.7 Å². The smallest absolute Gasteiger partial charge is 0.355 e. The molecule has 0 spiro atoms. The van der Waals surface area contributed by atoms with E-state index < -0.39 is 17.9 Å². The maximum absolute atomic E-state index is 11.9. The molecule has 7 nitrogen and oxygen atoms in total. The van der Waals surface area contributed by atoms with Crippen molar-refractivity contribution in [2.24, 2.45) is 0 Å². The molecule has 1 aromatic carbocycles. The summed E-state index contributed by atoms with van der Waals surface area (Å²) in [6.45, 7) is 2.97. The standard InChI is InChI=1S/C16H16N2O5/c1-3-22-16(21)15(11(2)19)23-13-9-10-14(20)18(17-13)12-7-5-4-6-8-12/h4-10,15H,3H2,1-2H3/t15-/m0/s1. The monoisotopic (exact) mass is 316 g/mol. The summed E-state index contributed by atoms with van der Waals surface area (Å²) >= 11 is 0. The van der Waals surface area contributed by atoms with Crippen molar-refractivity contribution >= 4 is 11.8 Å². The highest BCUT2D eigenvalue weighted by molar-refractivity contribution is 6.01. The number of ether oxygens (including phenoxy) is 2. The fourth-order valence-corrected chi connectivity index (χ4v) is 1.85. The summed E-state index contributed by atoms with van der Waals surface area (Å²) in [6, 6.07) is 11.3. The van der Waals surface area contributed by atoms with Gasteiger partial charge in [-0.05, 0) is 26.0 Å². The Kier molecular flexibility index (Phi) is 5.24. The summed E-state index contributed by atoms with van der Waals surface area (Å²) in [4.78, 5) is 35.2. The van der Waals surface area contributed by atoms with Crippen molar-refractivity contribution in [2.75, 3.05) is 6.61 Å². The lowest BCUT2D eigenvalue weighted by molar-refractivity contribution is -0.155. The molecule has 0 aliphatic rings. The number of carbonyl (C=O) groups excluding carboxylic acids is 2. The highest BCUT2D eigenvalue weighted by atomic mass is 16.6. The Morgan fingerprint density at radius 2 is 1.87 bits per heavy atom. The number of carbonyl (C=O) groups is 2. The second-order valence-electron chi connectivity index (χ2n) is 4.62. The minimum Gasteiger partial charge on any atom is -0.463 e. The highest BCUT2D eigenvalue weighted by Crippen LogP contribution is 2.10. The number of rotatable bonds is 6. The van der Waals surface area contributed by atoms with Gasteiger partial charge in [-0.15, -0.1) is 5.10 Å². The maximum Gasteiger partial charge on any atom is 0.355 e. The van der Waals surface area contributed by atoms with Gasteiger partial charge in [0.05, 0.1) is 12.3 Å². The van der Waals surface area contributed by atoms with E-state index in [1.807, 2.05) is 0 Å². The van der Waals surface area contributed by atoms with Gasteiger partial charge < -0.3 is 9.47 Å². The quantitative estimate of drug-likeness (QED) is 0.586. The van der Waals surface area contributed by atoms with Gasteiger partial charge >= 0.3 is 5.97 Å². The molecule has 23 heavy (non-hydrogen) atoms. The van der Waals surface area contributed by atoms with Crippen LogP contribution < -0.4 is 10.3 Å². The minimum absolute atomic E-state index is 0.0262. The number of hydrogen-bond acceptors (Lipinski definition) is 6. The van der Waals surface area contributed by atoms with E-state index in [1.54, 1.807) is 37.3 Å². The zero-order valence-electron chi connectivity index (χ0n) is 12.8. The molecular formula is C16H16N2O5. The molecule has 120 valence electrons. The molecule has 0 saturated heterocycles. The van der Waals surface area contributed by atoms with Crippen LogP contribution in [0, 0.1) is 0 Å². The zero-order chi connectivity index (χ0) is 16.8. The first-order valence-corrected chi connectivity index (χ1v) is 7.02. The molecule has 2 aromatic rings. The Balaban J connectivity index is 2.32. The van der Waals surface area contributed by atoms with Gasteiger partial charge in [-0.3, -0.25) is 9.59 Å². The third-order valence-electron chi connectivity index (χ3n) is 2.89. The molecule has 0 N–H and O–H groups in total. The van der Waals surface area contributed by atoms with Gasteiger partial charge in [-0.1, -0.05) is 18.2 Å². The predicted molar refractivity (Wildman–Crippen MR) is 81.6 cm³/mol. The van der Waals surface area contributed by atoms with E-state index in [1.165, 1.54) is 19.1 Å².